The van der Waals surface area contributed by atoms with Gasteiger partial charge < -0.3 is 14.8 Å². The third-order valence-electron chi connectivity index (χ3n) is 4.56. The molecule has 112 valence electrons. The van der Waals surface area contributed by atoms with E-state index in [1.54, 1.807) is 7.11 Å². The summed E-state index contributed by atoms with van der Waals surface area (Å²) in [6.45, 7) is 3.13. The smallest absolute Gasteiger partial charge is 0.126 e. The molecule has 3 unspecified atom stereocenters. The van der Waals surface area contributed by atoms with E-state index in [0.717, 1.165) is 24.2 Å². The SMILES string of the molecule is CNC(c1ccc(OC)c2ccccc12)C1OCCC1C. The zero-order chi connectivity index (χ0) is 14.8. The Morgan fingerprint density at radius 3 is 2.57 bits per heavy atom. The largest absolute Gasteiger partial charge is 0.496 e. The van der Waals surface area contributed by atoms with Crippen molar-refractivity contribution in [3.63, 3.8) is 0 Å². The van der Waals surface area contributed by atoms with Crippen molar-refractivity contribution in [3.05, 3.63) is 42.0 Å². The molecule has 3 atom stereocenters. The van der Waals surface area contributed by atoms with Gasteiger partial charge in [-0.15, -0.1) is 0 Å². The van der Waals surface area contributed by atoms with Crippen LogP contribution in [0.25, 0.3) is 10.8 Å². The lowest BCUT2D eigenvalue weighted by Gasteiger charge is -2.27. The number of nitrogens with one attached hydrogen (secondary N) is 1. The van der Waals surface area contributed by atoms with Gasteiger partial charge in [0.2, 0.25) is 0 Å². The molecule has 1 aliphatic rings. The van der Waals surface area contributed by atoms with Gasteiger partial charge in [-0.05, 0) is 36.4 Å². The van der Waals surface area contributed by atoms with Gasteiger partial charge in [-0.3, -0.25) is 0 Å². The Kier molecular flexibility index (Phi) is 4.13. The maximum absolute atomic E-state index is 5.98. The summed E-state index contributed by atoms with van der Waals surface area (Å²) in [6, 6.07) is 12.8. The van der Waals surface area contributed by atoms with Crippen molar-refractivity contribution in [1.82, 2.24) is 5.32 Å². The number of rotatable bonds is 4. The summed E-state index contributed by atoms with van der Waals surface area (Å²) in [5.41, 5.74) is 1.28. The molecule has 0 saturated carbocycles. The second-order valence-electron chi connectivity index (χ2n) is 5.77. The first-order valence-corrected chi connectivity index (χ1v) is 7.60. The van der Waals surface area contributed by atoms with E-state index in [2.05, 4.69) is 48.6 Å². The maximum atomic E-state index is 5.98. The summed E-state index contributed by atoms with van der Waals surface area (Å²) in [5, 5.41) is 5.85. The van der Waals surface area contributed by atoms with Crippen LogP contribution in [-0.2, 0) is 4.74 Å². The molecule has 1 N–H and O–H groups in total. The van der Waals surface area contributed by atoms with E-state index in [-0.39, 0.29) is 12.1 Å². The highest BCUT2D eigenvalue weighted by atomic mass is 16.5. The molecule has 0 aliphatic carbocycles. The summed E-state index contributed by atoms with van der Waals surface area (Å²) in [7, 11) is 3.73. The van der Waals surface area contributed by atoms with Crippen LogP contribution >= 0.6 is 0 Å². The van der Waals surface area contributed by atoms with Gasteiger partial charge in [0.05, 0.1) is 19.3 Å². The number of methoxy groups -OCH3 is 1. The fourth-order valence-corrected chi connectivity index (χ4v) is 3.38. The Labute approximate surface area is 126 Å². The van der Waals surface area contributed by atoms with Gasteiger partial charge in [0, 0.05) is 12.0 Å². The number of hydrogen-bond donors (Lipinski definition) is 1. The fraction of sp³-hybridized carbons (Fsp3) is 0.444. The second kappa shape index (κ2) is 6.04. The van der Waals surface area contributed by atoms with Crippen molar-refractivity contribution in [2.75, 3.05) is 20.8 Å². The molecule has 1 fully saturated rings. The molecule has 1 saturated heterocycles. The Bertz CT molecular complexity index is 626. The van der Waals surface area contributed by atoms with E-state index in [4.69, 9.17) is 9.47 Å². The molecule has 0 amide bonds. The van der Waals surface area contributed by atoms with Gasteiger partial charge >= 0.3 is 0 Å². The van der Waals surface area contributed by atoms with Crippen LogP contribution in [0.1, 0.15) is 24.9 Å². The van der Waals surface area contributed by atoms with E-state index in [1.165, 1.54) is 10.9 Å². The number of hydrogen-bond acceptors (Lipinski definition) is 3. The van der Waals surface area contributed by atoms with Crippen molar-refractivity contribution >= 4 is 10.8 Å². The first-order chi connectivity index (χ1) is 10.3. The van der Waals surface area contributed by atoms with Crippen LogP contribution in [-0.4, -0.2) is 26.9 Å². The average Bonchev–Trinajstić information content (AvgIpc) is 2.94. The Balaban J connectivity index is 2.10. The van der Waals surface area contributed by atoms with E-state index >= 15 is 0 Å². The minimum Gasteiger partial charge on any atom is -0.496 e. The van der Waals surface area contributed by atoms with Crippen molar-refractivity contribution < 1.29 is 9.47 Å². The first-order valence-electron chi connectivity index (χ1n) is 7.60. The molecular weight excluding hydrogens is 262 g/mol. The Hall–Kier alpha value is -1.58. The predicted octanol–water partition coefficient (Wildman–Crippen LogP) is 3.53. The summed E-state index contributed by atoms with van der Waals surface area (Å²) < 4.78 is 11.5. The lowest BCUT2D eigenvalue weighted by molar-refractivity contribution is 0.0635. The van der Waals surface area contributed by atoms with Crippen molar-refractivity contribution in [2.24, 2.45) is 5.92 Å². The first kappa shape index (κ1) is 14.4. The molecule has 2 aromatic rings. The molecule has 0 radical (unpaired) electrons. The zero-order valence-electron chi connectivity index (χ0n) is 12.9. The number of ether oxygens (including phenoxy) is 2. The van der Waals surface area contributed by atoms with Gasteiger partial charge in [-0.2, -0.15) is 0 Å². The molecule has 1 heterocycles. The van der Waals surface area contributed by atoms with Crippen LogP contribution in [0, 0.1) is 5.92 Å². The third kappa shape index (κ3) is 2.52. The van der Waals surface area contributed by atoms with Gasteiger partial charge in [-0.25, -0.2) is 0 Å². The topological polar surface area (TPSA) is 30.5 Å². The lowest BCUT2D eigenvalue weighted by Crippen LogP contribution is -2.32. The van der Waals surface area contributed by atoms with Crippen LogP contribution in [0.4, 0.5) is 0 Å². The van der Waals surface area contributed by atoms with Gasteiger partial charge in [0.15, 0.2) is 0 Å². The third-order valence-corrected chi connectivity index (χ3v) is 4.56. The second-order valence-corrected chi connectivity index (χ2v) is 5.77. The van der Waals surface area contributed by atoms with Crippen LogP contribution in [0.5, 0.6) is 5.75 Å². The molecule has 3 heteroatoms. The standard InChI is InChI=1S/C18H23NO2/c1-12-10-11-21-18(12)17(19-2)15-8-9-16(20-3)14-7-5-4-6-13(14)15/h4-9,12,17-19H,10-11H2,1-3H3. The highest BCUT2D eigenvalue weighted by Crippen LogP contribution is 2.37. The fourth-order valence-electron chi connectivity index (χ4n) is 3.38. The van der Waals surface area contributed by atoms with E-state index in [9.17, 15) is 0 Å². The number of fused-ring (bicyclic) bond motifs is 1. The number of likely N-dealkylation sites (N-methyl/N-ethyl adjacent to an activating group) is 1. The molecule has 0 aromatic heterocycles. The Morgan fingerprint density at radius 2 is 1.95 bits per heavy atom. The van der Waals surface area contributed by atoms with Crippen LogP contribution in [0.15, 0.2) is 36.4 Å². The monoisotopic (exact) mass is 285 g/mol. The van der Waals surface area contributed by atoms with Gasteiger partial charge in [0.1, 0.15) is 5.75 Å². The average molecular weight is 285 g/mol. The maximum Gasteiger partial charge on any atom is 0.126 e. The molecule has 1 aliphatic heterocycles. The molecule has 2 aromatic carbocycles. The molecule has 0 spiro atoms. The van der Waals surface area contributed by atoms with Gasteiger partial charge in [0.25, 0.3) is 0 Å². The Morgan fingerprint density at radius 1 is 1.19 bits per heavy atom. The van der Waals surface area contributed by atoms with Crippen molar-refractivity contribution in [3.8, 4) is 5.75 Å². The van der Waals surface area contributed by atoms with Crippen LogP contribution < -0.4 is 10.1 Å². The van der Waals surface area contributed by atoms with Crippen LogP contribution in [0.2, 0.25) is 0 Å². The quantitative estimate of drug-likeness (QED) is 0.932. The van der Waals surface area contributed by atoms with Crippen LogP contribution in [0.3, 0.4) is 0 Å². The normalized spacial score (nSPS) is 23.4. The van der Waals surface area contributed by atoms with E-state index in [1.807, 2.05) is 7.05 Å². The van der Waals surface area contributed by atoms with E-state index in [0.29, 0.717) is 5.92 Å². The summed E-state index contributed by atoms with van der Waals surface area (Å²) in [4.78, 5) is 0. The predicted molar refractivity (Wildman–Crippen MR) is 85.8 cm³/mol. The van der Waals surface area contributed by atoms with Crippen molar-refractivity contribution in [2.45, 2.75) is 25.5 Å². The molecule has 3 rings (SSSR count). The van der Waals surface area contributed by atoms with Crippen molar-refractivity contribution in [1.29, 1.82) is 0 Å². The summed E-state index contributed by atoms with van der Waals surface area (Å²) in [6.07, 6.45) is 1.36. The molecule has 21 heavy (non-hydrogen) atoms. The minimum atomic E-state index is 0.207. The minimum absolute atomic E-state index is 0.207. The molecule has 3 nitrogen and oxygen atoms in total. The lowest BCUT2D eigenvalue weighted by atomic mass is 9.89. The number of benzene rings is 2. The highest BCUT2D eigenvalue weighted by molar-refractivity contribution is 5.91. The highest BCUT2D eigenvalue weighted by Gasteiger charge is 2.33. The molecular formula is C18H23NO2. The van der Waals surface area contributed by atoms with Gasteiger partial charge in [-0.1, -0.05) is 37.3 Å². The zero-order valence-corrected chi connectivity index (χ0v) is 12.9. The summed E-state index contributed by atoms with van der Waals surface area (Å²) >= 11 is 0. The molecule has 0 bridgehead atoms. The van der Waals surface area contributed by atoms with E-state index < -0.39 is 0 Å². The summed E-state index contributed by atoms with van der Waals surface area (Å²) in [5.74, 6) is 1.49.